The van der Waals surface area contributed by atoms with Crippen molar-refractivity contribution in [3.63, 3.8) is 0 Å². The Morgan fingerprint density at radius 1 is 1.44 bits per heavy atom. The van der Waals surface area contributed by atoms with E-state index in [4.69, 9.17) is 23.2 Å². The first-order chi connectivity index (χ1) is 8.56. The highest BCUT2D eigenvalue weighted by Crippen LogP contribution is 2.20. The van der Waals surface area contributed by atoms with E-state index in [1.54, 1.807) is 12.1 Å². The molecule has 2 amide bonds. The average molecular weight is 287 g/mol. The zero-order chi connectivity index (χ0) is 13.1. The van der Waals surface area contributed by atoms with Gasteiger partial charge in [0.1, 0.15) is 0 Å². The Hall–Kier alpha value is -1.26. The molecule has 1 aromatic carbocycles. The average Bonchev–Trinajstić information content (AvgIpc) is 2.72. The first kappa shape index (κ1) is 13.2. The largest absolute Gasteiger partial charge is 0.352 e. The van der Waals surface area contributed by atoms with Crippen molar-refractivity contribution in [2.24, 2.45) is 0 Å². The molecule has 2 N–H and O–H groups in total. The molecule has 1 atom stereocenters. The second-order valence-electron chi connectivity index (χ2n) is 4.14. The van der Waals surface area contributed by atoms with Crippen LogP contribution in [0.4, 0.5) is 0 Å². The molecule has 1 heterocycles. The van der Waals surface area contributed by atoms with Gasteiger partial charge in [-0.1, -0.05) is 23.2 Å². The molecule has 1 aliphatic heterocycles. The summed E-state index contributed by atoms with van der Waals surface area (Å²) in [6.07, 6.45) is 1.26. The van der Waals surface area contributed by atoms with Crippen molar-refractivity contribution in [3.05, 3.63) is 33.8 Å². The molecule has 1 fully saturated rings. The zero-order valence-corrected chi connectivity index (χ0v) is 11.0. The van der Waals surface area contributed by atoms with Gasteiger partial charge in [-0.3, -0.25) is 9.59 Å². The number of rotatable bonds is 3. The summed E-state index contributed by atoms with van der Waals surface area (Å²) >= 11 is 11.7. The summed E-state index contributed by atoms with van der Waals surface area (Å²) in [5.74, 6) is -0.239. The van der Waals surface area contributed by atoms with Crippen LogP contribution in [0.15, 0.2) is 18.2 Å². The van der Waals surface area contributed by atoms with E-state index in [0.29, 0.717) is 28.6 Å². The van der Waals surface area contributed by atoms with Crippen molar-refractivity contribution in [3.8, 4) is 0 Å². The molecular weight excluding hydrogens is 275 g/mol. The van der Waals surface area contributed by atoms with Crippen molar-refractivity contribution >= 4 is 35.0 Å². The summed E-state index contributed by atoms with van der Waals surface area (Å²) < 4.78 is 0. The topological polar surface area (TPSA) is 58.2 Å². The lowest BCUT2D eigenvalue weighted by Gasteiger charge is -2.12. The number of hydrogen-bond donors (Lipinski definition) is 2. The Kier molecular flexibility index (Phi) is 4.09. The maximum absolute atomic E-state index is 11.9. The minimum absolute atomic E-state index is 0.00697. The highest BCUT2D eigenvalue weighted by molar-refractivity contribution is 6.36. The molecule has 4 nitrogen and oxygen atoms in total. The molecule has 6 heteroatoms. The molecule has 0 bridgehead atoms. The van der Waals surface area contributed by atoms with Crippen LogP contribution in [0.2, 0.25) is 10.0 Å². The van der Waals surface area contributed by atoms with Crippen LogP contribution in [0.3, 0.4) is 0 Å². The number of halogens is 2. The number of amides is 2. The van der Waals surface area contributed by atoms with Crippen LogP contribution in [0.25, 0.3) is 0 Å². The van der Waals surface area contributed by atoms with E-state index in [0.717, 1.165) is 6.42 Å². The van der Waals surface area contributed by atoms with Gasteiger partial charge in [0, 0.05) is 24.0 Å². The number of carbonyl (C=O) groups is 2. The highest BCUT2D eigenvalue weighted by atomic mass is 35.5. The van der Waals surface area contributed by atoms with Crippen molar-refractivity contribution < 1.29 is 9.59 Å². The number of hydrogen-bond acceptors (Lipinski definition) is 2. The molecule has 18 heavy (non-hydrogen) atoms. The minimum atomic E-state index is -0.266. The predicted molar refractivity (Wildman–Crippen MR) is 70.0 cm³/mol. The molecule has 96 valence electrons. The van der Waals surface area contributed by atoms with E-state index in [9.17, 15) is 9.59 Å². The molecule has 1 unspecified atom stereocenters. The van der Waals surface area contributed by atoms with E-state index in [1.165, 1.54) is 6.07 Å². The van der Waals surface area contributed by atoms with E-state index in [-0.39, 0.29) is 17.9 Å². The summed E-state index contributed by atoms with van der Waals surface area (Å²) in [4.78, 5) is 22.9. The standard InChI is InChI=1S/C12H12Cl2N2O2/c13-7-1-3-9(10(14)5-7)12(18)15-6-8-2-4-11(17)16-8/h1,3,5,8H,2,4,6H2,(H,15,18)(H,16,17). The number of carbonyl (C=O) groups excluding carboxylic acids is 2. The molecule has 0 radical (unpaired) electrons. The van der Waals surface area contributed by atoms with Crippen molar-refractivity contribution in [2.75, 3.05) is 6.54 Å². The van der Waals surface area contributed by atoms with Crippen LogP contribution < -0.4 is 10.6 Å². The second-order valence-corrected chi connectivity index (χ2v) is 4.98. The lowest BCUT2D eigenvalue weighted by molar-refractivity contribution is -0.119. The summed E-state index contributed by atoms with van der Waals surface area (Å²) in [6.45, 7) is 0.406. The Labute approximate surface area is 115 Å². The minimum Gasteiger partial charge on any atom is -0.352 e. The van der Waals surface area contributed by atoms with Gasteiger partial charge in [-0.2, -0.15) is 0 Å². The maximum atomic E-state index is 11.9. The Balaban J connectivity index is 1.93. The molecule has 0 aromatic heterocycles. The summed E-state index contributed by atoms with van der Waals surface area (Å²) in [6, 6.07) is 4.72. The van der Waals surface area contributed by atoms with Crippen LogP contribution in [0, 0.1) is 0 Å². The van der Waals surface area contributed by atoms with Crippen molar-refractivity contribution in [2.45, 2.75) is 18.9 Å². The normalized spacial score (nSPS) is 18.6. The molecule has 0 saturated carbocycles. The zero-order valence-electron chi connectivity index (χ0n) is 9.50. The Morgan fingerprint density at radius 2 is 2.22 bits per heavy atom. The maximum Gasteiger partial charge on any atom is 0.252 e. The van der Waals surface area contributed by atoms with E-state index < -0.39 is 0 Å². The van der Waals surface area contributed by atoms with E-state index in [2.05, 4.69) is 10.6 Å². The van der Waals surface area contributed by atoms with Gasteiger partial charge in [-0.05, 0) is 24.6 Å². The predicted octanol–water partition coefficient (Wildman–Crippen LogP) is 2.00. The number of benzene rings is 1. The fraction of sp³-hybridized carbons (Fsp3) is 0.333. The molecule has 0 spiro atoms. The van der Waals surface area contributed by atoms with Crippen molar-refractivity contribution in [1.82, 2.24) is 10.6 Å². The smallest absolute Gasteiger partial charge is 0.252 e. The molecule has 0 aliphatic carbocycles. The van der Waals surface area contributed by atoms with Crippen LogP contribution in [0.1, 0.15) is 23.2 Å². The first-order valence-corrected chi connectivity index (χ1v) is 6.34. The van der Waals surface area contributed by atoms with Gasteiger partial charge in [-0.25, -0.2) is 0 Å². The quantitative estimate of drug-likeness (QED) is 0.893. The Bertz CT molecular complexity index is 491. The van der Waals surface area contributed by atoms with Crippen molar-refractivity contribution in [1.29, 1.82) is 0 Å². The second kappa shape index (κ2) is 5.59. The summed E-state index contributed by atoms with van der Waals surface area (Å²) in [7, 11) is 0. The fourth-order valence-corrected chi connectivity index (χ4v) is 2.31. The highest BCUT2D eigenvalue weighted by Gasteiger charge is 2.21. The monoisotopic (exact) mass is 286 g/mol. The van der Waals surface area contributed by atoms with Crippen LogP contribution in [-0.2, 0) is 4.79 Å². The third-order valence-corrected chi connectivity index (χ3v) is 3.32. The van der Waals surface area contributed by atoms with Gasteiger partial charge in [0.2, 0.25) is 5.91 Å². The first-order valence-electron chi connectivity index (χ1n) is 5.59. The molecule has 1 aromatic rings. The van der Waals surface area contributed by atoms with Gasteiger partial charge in [-0.15, -0.1) is 0 Å². The van der Waals surface area contributed by atoms with Crippen LogP contribution >= 0.6 is 23.2 Å². The van der Waals surface area contributed by atoms with Gasteiger partial charge in [0.15, 0.2) is 0 Å². The lowest BCUT2D eigenvalue weighted by Crippen LogP contribution is -2.38. The number of nitrogens with one attached hydrogen (secondary N) is 2. The van der Waals surface area contributed by atoms with Crippen LogP contribution in [-0.4, -0.2) is 24.4 Å². The lowest BCUT2D eigenvalue weighted by atomic mass is 10.2. The molecular formula is C12H12Cl2N2O2. The van der Waals surface area contributed by atoms with Gasteiger partial charge in [0.25, 0.3) is 5.91 Å². The molecule has 1 aliphatic rings. The summed E-state index contributed by atoms with van der Waals surface area (Å²) in [5, 5.41) is 6.32. The third kappa shape index (κ3) is 3.15. The summed E-state index contributed by atoms with van der Waals surface area (Å²) in [5.41, 5.74) is 0.380. The molecule has 2 rings (SSSR count). The third-order valence-electron chi connectivity index (χ3n) is 2.77. The SMILES string of the molecule is O=C1CCC(CNC(=O)c2ccc(Cl)cc2Cl)N1. The fourth-order valence-electron chi connectivity index (χ4n) is 1.82. The van der Waals surface area contributed by atoms with Crippen LogP contribution in [0.5, 0.6) is 0 Å². The van der Waals surface area contributed by atoms with Gasteiger partial charge < -0.3 is 10.6 Å². The molecule has 1 saturated heterocycles. The van der Waals surface area contributed by atoms with Gasteiger partial charge in [0.05, 0.1) is 10.6 Å². The van der Waals surface area contributed by atoms with E-state index in [1.807, 2.05) is 0 Å². The van der Waals surface area contributed by atoms with E-state index >= 15 is 0 Å². The van der Waals surface area contributed by atoms with Gasteiger partial charge >= 0.3 is 0 Å². The Morgan fingerprint density at radius 3 is 2.83 bits per heavy atom.